The summed E-state index contributed by atoms with van der Waals surface area (Å²) in [7, 11) is 0. The summed E-state index contributed by atoms with van der Waals surface area (Å²) in [5.74, 6) is -0.901. The van der Waals surface area contributed by atoms with Crippen molar-refractivity contribution in [3.05, 3.63) is 122 Å². The van der Waals surface area contributed by atoms with Crippen molar-refractivity contribution in [3.8, 4) is 0 Å². The molecule has 0 saturated carbocycles. The van der Waals surface area contributed by atoms with Gasteiger partial charge in [0, 0.05) is 19.3 Å². The molecular formula is C71H118O6. The fourth-order valence-corrected chi connectivity index (χ4v) is 8.67. The average molecular weight is 1070 g/mol. The second kappa shape index (κ2) is 64.3. The highest BCUT2D eigenvalue weighted by atomic mass is 16.6. The molecule has 0 amide bonds. The average Bonchev–Trinajstić information content (AvgIpc) is 3.43. The molecule has 6 nitrogen and oxygen atoms in total. The van der Waals surface area contributed by atoms with Gasteiger partial charge in [-0.15, -0.1) is 0 Å². The molecule has 0 bridgehead atoms. The van der Waals surface area contributed by atoms with E-state index in [1.54, 1.807) is 0 Å². The highest BCUT2D eigenvalue weighted by Crippen LogP contribution is 2.15. The van der Waals surface area contributed by atoms with Crippen LogP contribution in [0.5, 0.6) is 0 Å². The minimum Gasteiger partial charge on any atom is -0.462 e. The molecule has 0 spiro atoms. The van der Waals surface area contributed by atoms with E-state index >= 15 is 0 Å². The minimum atomic E-state index is -0.780. The number of hydrogen-bond acceptors (Lipinski definition) is 6. The Morgan fingerprint density at radius 1 is 0.273 bits per heavy atom. The lowest BCUT2D eigenvalue weighted by molar-refractivity contribution is -0.167. The summed E-state index contributed by atoms with van der Waals surface area (Å²) in [4.78, 5) is 37.9. The first-order chi connectivity index (χ1) is 38.0. The van der Waals surface area contributed by atoms with Gasteiger partial charge >= 0.3 is 17.9 Å². The molecule has 0 radical (unpaired) electrons. The van der Waals surface area contributed by atoms with Crippen LogP contribution in [0.25, 0.3) is 0 Å². The van der Waals surface area contributed by atoms with Crippen molar-refractivity contribution in [1.82, 2.24) is 0 Å². The Labute approximate surface area is 475 Å². The second-order valence-corrected chi connectivity index (χ2v) is 20.9. The second-order valence-electron chi connectivity index (χ2n) is 20.9. The van der Waals surface area contributed by atoms with E-state index in [1.807, 2.05) is 0 Å². The zero-order valence-electron chi connectivity index (χ0n) is 50.2. The highest BCUT2D eigenvalue weighted by Gasteiger charge is 2.19. The summed E-state index contributed by atoms with van der Waals surface area (Å²) >= 11 is 0. The van der Waals surface area contributed by atoms with Gasteiger partial charge < -0.3 is 14.2 Å². The Kier molecular flexibility index (Phi) is 60.8. The lowest BCUT2D eigenvalue weighted by Crippen LogP contribution is -2.30. The van der Waals surface area contributed by atoms with Crippen LogP contribution in [-0.2, 0) is 28.6 Å². The Morgan fingerprint density at radius 2 is 0.506 bits per heavy atom. The summed E-state index contributed by atoms with van der Waals surface area (Å²) in [6.07, 6.45) is 89.7. The molecule has 0 aliphatic heterocycles. The summed E-state index contributed by atoms with van der Waals surface area (Å²) in [5.41, 5.74) is 0. The van der Waals surface area contributed by atoms with Crippen LogP contribution in [0.2, 0.25) is 0 Å². The number of unbranched alkanes of at least 4 members (excludes halogenated alkanes) is 26. The minimum absolute atomic E-state index is 0.0815. The zero-order chi connectivity index (χ0) is 55.7. The number of ether oxygens (including phenoxy) is 3. The fourth-order valence-electron chi connectivity index (χ4n) is 8.67. The quantitative estimate of drug-likeness (QED) is 0.0261. The van der Waals surface area contributed by atoms with Gasteiger partial charge in [0.25, 0.3) is 0 Å². The van der Waals surface area contributed by atoms with Gasteiger partial charge in [0.1, 0.15) is 13.2 Å². The van der Waals surface area contributed by atoms with E-state index in [0.717, 1.165) is 122 Å². The zero-order valence-corrected chi connectivity index (χ0v) is 50.2. The van der Waals surface area contributed by atoms with E-state index in [1.165, 1.54) is 128 Å². The number of esters is 3. The molecule has 0 aliphatic carbocycles. The van der Waals surface area contributed by atoms with Gasteiger partial charge in [0.05, 0.1) is 0 Å². The molecule has 0 rings (SSSR count). The third kappa shape index (κ3) is 62.5. The Hall–Kier alpha value is -4.19. The summed E-state index contributed by atoms with van der Waals surface area (Å²) in [6, 6.07) is 0. The van der Waals surface area contributed by atoms with Gasteiger partial charge in [0.2, 0.25) is 0 Å². The fraction of sp³-hybridized carbons (Fsp3) is 0.676. The van der Waals surface area contributed by atoms with E-state index in [9.17, 15) is 14.4 Å². The Bertz CT molecular complexity index is 1600. The van der Waals surface area contributed by atoms with E-state index < -0.39 is 6.10 Å². The van der Waals surface area contributed by atoms with Crippen molar-refractivity contribution in [2.75, 3.05) is 13.2 Å². The van der Waals surface area contributed by atoms with E-state index in [0.29, 0.717) is 19.3 Å². The molecule has 438 valence electrons. The molecule has 77 heavy (non-hydrogen) atoms. The predicted octanol–water partition coefficient (Wildman–Crippen LogP) is 22.0. The summed E-state index contributed by atoms with van der Waals surface area (Å²) in [5, 5.41) is 0. The van der Waals surface area contributed by atoms with Crippen LogP contribution in [0.3, 0.4) is 0 Å². The van der Waals surface area contributed by atoms with Gasteiger partial charge in [0.15, 0.2) is 6.10 Å². The highest BCUT2D eigenvalue weighted by molar-refractivity contribution is 5.71. The number of rotatable bonds is 57. The first-order valence-electron chi connectivity index (χ1n) is 32.0. The van der Waals surface area contributed by atoms with Crippen LogP contribution >= 0.6 is 0 Å². The topological polar surface area (TPSA) is 78.9 Å². The van der Waals surface area contributed by atoms with Gasteiger partial charge in [-0.3, -0.25) is 14.4 Å². The molecule has 0 saturated heterocycles. The largest absolute Gasteiger partial charge is 0.462 e. The maximum Gasteiger partial charge on any atom is 0.306 e. The molecular weight excluding hydrogens is 949 g/mol. The van der Waals surface area contributed by atoms with E-state index in [4.69, 9.17) is 14.2 Å². The maximum atomic E-state index is 12.8. The van der Waals surface area contributed by atoms with Gasteiger partial charge in [-0.2, -0.15) is 0 Å². The smallest absolute Gasteiger partial charge is 0.306 e. The van der Waals surface area contributed by atoms with Crippen molar-refractivity contribution in [2.24, 2.45) is 0 Å². The SMILES string of the molecule is CC/C=C\C/C=C\C/C=C\C/C=C\C/C=C\C/C=C\C/C=C\C/C=C\CCCCCCCCCCCCC(=O)OCC(COC(=O)CCCCCCC)OC(=O)CCCCCCCCCCC/C=C\C/C=C\CCCCC. The van der Waals surface area contributed by atoms with Gasteiger partial charge in [-0.1, -0.05) is 277 Å². The molecule has 0 N–H and O–H groups in total. The van der Waals surface area contributed by atoms with Crippen molar-refractivity contribution in [1.29, 1.82) is 0 Å². The molecule has 1 unspecified atom stereocenters. The molecule has 0 fully saturated rings. The molecule has 0 heterocycles. The first-order valence-corrected chi connectivity index (χ1v) is 32.0. The lowest BCUT2D eigenvalue weighted by atomic mass is 10.1. The van der Waals surface area contributed by atoms with Crippen molar-refractivity contribution < 1.29 is 28.6 Å². The third-order valence-corrected chi connectivity index (χ3v) is 13.5. The van der Waals surface area contributed by atoms with Crippen molar-refractivity contribution in [2.45, 2.75) is 297 Å². The van der Waals surface area contributed by atoms with Crippen molar-refractivity contribution >= 4 is 17.9 Å². The molecule has 0 aliphatic rings. The number of hydrogen-bond donors (Lipinski definition) is 0. The summed E-state index contributed by atoms with van der Waals surface area (Å²) < 4.78 is 16.8. The standard InChI is InChI=1S/C71H118O6/c1-4-7-10-13-15-17-19-21-23-25-27-28-29-30-31-32-33-34-35-36-37-38-39-40-41-42-44-45-47-49-51-53-55-58-61-64-70(73)76-67-68(66-75-69(72)63-60-57-12-9-6-3)77-71(74)65-62-59-56-54-52-50-48-46-43-26-24-22-20-18-16-14-11-8-5-2/h7,10,15-18,21-24,27-28,30-31,33-34,36-37,39-40,68H,4-6,8-9,11-14,19-20,25-26,29,32,35,38,41-67H2,1-3H3/b10-7-,17-15-,18-16-,23-21-,24-22-,28-27-,31-30-,34-33-,37-36-,40-39-. The van der Waals surface area contributed by atoms with Crippen LogP contribution in [0.15, 0.2) is 122 Å². The number of allylic oxidation sites excluding steroid dienone is 20. The van der Waals surface area contributed by atoms with Gasteiger partial charge in [-0.05, 0) is 116 Å². The molecule has 1 atom stereocenters. The lowest BCUT2D eigenvalue weighted by Gasteiger charge is -2.18. The Morgan fingerprint density at radius 3 is 0.818 bits per heavy atom. The number of carbonyl (C=O) groups excluding carboxylic acids is 3. The monoisotopic (exact) mass is 1070 g/mol. The van der Waals surface area contributed by atoms with Crippen LogP contribution in [0.1, 0.15) is 290 Å². The van der Waals surface area contributed by atoms with Crippen LogP contribution in [-0.4, -0.2) is 37.2 Å². The van der Waals surface area contributed by atoms with Crippen LogP contribution < -0.4 is 0 Å². The van der Waals surface area contributed by atoms with E-state index in [-0.39, 0.29) is 31.1 Å². The van der Waals surface area contributed by atoms with Crippen LogP contribution in [0, 0.1) is 0 Å². The van der Waals surface area contributed by atoms with Crippen LogP contribution in [0.4, 0.5) is 0 Å². The first kappa shape index (κ1) is 72.8. The maximum absolute atomic E-state index is 12.8. The normalized spacial score (nSPS) is 12.9. The Balaban J connectivity index is 4.04. The molecule has 0 aromatic rings. The van der Waals surface area contributed by atoms with Gasteiger partial charge in [-0.25, -0.2) is 0 Å². The molecule has 0 aromatic carbocycles. The molecule has 6 heteroatoms. The predicted molar refractivity (Wildman–Crippen MR) is 334 cm³/mol. The summed E-state index contributed by atoms with van der Waals surface area (Å²) in [6.45, 7) is 6.42. The molecule has 0 aromatic heterocycles. The number of carbonyl (C=O) groups is 3. The van der Waals surface area contributed by atoms with Crippen molar-refractivity contribution in [3.63, 3.8) is 0 Å². The third-order valence-electron chi connectivity index (χ3n) is 13.5. The van der Waals surface area contributed by atoms with E-state index in [2.05, 4.69) is 142 Å².